The average molecular weight is 245 g/mol. The van der Waals surface area contributed by atoms with E-state index in [1.807, 2.05) is 30.3 Å². The van der Waals surface area contributed by atoms with Crippen molar-refractivity contribution in [3.63, 3.8) is 0 Å². The van der Waals surface area contributed by atoms with Crippen molar-refractivity contribution < 1.29 is 4.79 Å². The summed E-state index contributed by atoms with van der Waals surface area (Å²) in [4.78, 5) is 14.2. The molecule has 88 valence electrons. The molecule has 2 aromatic rings. The summed E-state index contributed by atoms with van der Waals surface area (Å²) in [6.45, 7) is 2.70. The molecular weight excluding hydrogens is 230 g/mol. The molecule has 0 aliphatic carbocycles. The van der Waals surface area contributed by atoms with Crippen LogP contribution in [0.1, 0.15) is 15.3 Å². The molecule has 0 fully saturated rings. The second-order valence-corrected chi connectivity index (χ2v) is 5.32. The van der Waals surface area contributed by atoms with Crippen molar-refractivity contribution >= 4 is 17.2 Å². The summed E-state index contributed by atoms with van der Waals surface area (Å²) in [6.07, 6.45) is 0.450. The largest absolute Gasteiger partial charge is 0.351 e. The first-order valence-electron chi connectivity index (χ1n) is 5.60. The van der Waals surface area contributed by atoms with Crippen molar-refractivity contribution in [1.29, 1.82) is 0 Å². The van der Waals surface area contributed by atoms with Gasteiger partial charge in [-0.15, -0.1) is 11.3 Å². The molecule has 1 heterocycles. The highest BCUT2D eigenvalue weighted by Gasteiger charge is 2.03. The number of carbonyl (C=O) groups is 1. The Morgan fingerprint density at radius 3 is 2.59 bits per heavy atom. The highest BCUT2D eigenvalue weighted by molar-refractivity contribution is 7.11. The number of rotatable bonds is 4. The molecule has 2 rings (SSSR count). The summed E-state index contributed by atoms with van der Waals surface area (Å²) in [7, 11) is 0. The van der Waals surface area contributed by atoms with Gasteiger partial charge in [0.05, 0.1) is 13.0 Å². The lowest BCUT2D eigenvalue weighted by molar-refractivity contribution is -0.120. The fourth-order valence-electron chi connectivity index (χ4n) is 1.61. The van der Waals surface area contributed by atoms with Gasteiger partial charge in [0.1, 0.15) is 0 Å². The third-order valence-electron chi connectivity index (χ3n) is 2.46. The number of aryl methyl sites for hydroxylation is 1. The van der Waals surface area contributed by atoms with Crippen molar-refractivity contribution in [2.75, 3.05) is 0 Å². The maximum Gasteiger partial charge on any atom is 0.224 e. The van der Waals surface area contributed by atoms with Gasteiger partial charge in [0.2, 0.25) is 5.91 Å². The van der Waals surface area contributed by atoms with E-state index >= 15 is 0 Å². The van der Waals surface area contributed by atoms with E-state index in [0.717, 1.165) is 5.56 Å². The van der Waals surface area contributed by atoms with Crippen molar-refractivity contribution in [2.45, 2.75) is 19.9 Å². The Kier molecular flexibility index (Phi) is 3.94. The molecule has 2 nitrogen and oxygen atoms in total. The van der Waals surface area contributed by atoms with Gasteiger partial charge in [-0.1, -0.05) is 30.3 Å². The van der Waals surface area contributed by atoms with Gasteiger partial charge in [0, 0.05) is 9.75 Å². The van der Waals surface area contributed by atoms with E-state index < -0.39 is 0 Å². The highest BCUT2D eigenvalue weighted by atomic mass is 32.1. The van der Waals surface area contributed by atoms with Gasteiger partial charge in [-0.2, -0.15) is 0 Å². The van der Waals surface area contributed by atoms with Crippen LogP contribution >= 0.6 is 11.3 Å². The van der Waals surface area contributed by atoms with Crippen molar-refractivity contribution in [3.05, 3.63) is 57.8 Å². The molecule has 3 heteroatoms. The SMILES string of the molecule is Cc1ccc(CNC(=O)Cc2ccccc2)s1. The van der Waals surface area contributed by atoms with E-state index in [4.69, 9.17) is 0 Å². The maximum absolute atomic E-state index is 11.7. The molecule has 0 unspecified atom stereocenters. The number of nitrogens with one attached hydrogen (secondary N) is 1. The Labute approximate surface area is 105 Å². The first kappa shape index (κ1) is 11.9. The Morgan fingerprint density at radius 2 is 1.94 bits per heavy atom. The Bertz CT molecular complexity index is 490. The van der Waals surface area contributed by atoms with E-state index in [0.29, 0.717) is 13.0 Å². The van der Waals surface area contributed by atoms with Gasteiger partial charge in [0.25, 0.3) is 0 Å². The lowest BCUT2D eigenvalue weighted by Gasteiger charge is -2.03. The molecule has 0 atom stereocenters. The van der Waals surface area contributed by atoms with Crippen LogP contribution in [0.15, 0.2) is 42.5 Å². The molecule has 0 saturated carbocycles. The minimum atomic E-state index is 0.0715. The number of hydrogen-bond donors (Lipinski definition) is 1. The summed E-state index contributed by atoms with van der Waals surface area (Å²) < 4.78 is 0. The van der Waals surface area contributed by atoms with Crippen LogP contribution in [0.25, 0.3) is 0 Å². The van der Waals surface area contributed by atoms with Crippen LogP contribution in [0.4, 0.5) is 0 Å². The summed E-state index contributed by atoms with van der Waals surface area (Å²) in [5, 5.41) is 2.93. The van der Waals surface area contributed by atoms with Gasteiger partial charge >= 0.3 is 0 Å². The molecule has 0 aliphatic heterocycles. The first-order chi connectivity index (χ1) is 8.24. The number of hydrogen-bond acceptors (Lipinski definition) is 2. The van der Waals surface area contributed by atoms with E-state index in [-0.39, 0.29) is 5.91 Å². The van der Waals surface area contributed by atoms with Crippen LogP contribution in [-0.4, -0.2) is 5.91 Å². The third-order valence-corrected chi connectivity index (χ3v) is 3.46. The smallest absolute Gasteiger partial charge is 0.224 e. The van der Waals surface area contributed by atoms with Crippen LogP contribution in [0.3, 0.4) is 0 Å². The molecule has 0 spiro atoms. The third kappa shape index (κ3) is 3.71. The molecule has 17 heavy (non-hydrogen) atoms. The van der Waals surface area contributed by atoms with Crippen LogP contribution in [0.2, 0.25) is 0 Å². The van der Waals surface area contributed by atoms with Gasteiger partial charge < -0.3 is 5.32 Å². The molecule has 0 radical (unpaired) electrons. The van der Waals surface area contributed by atoms with Crippen LogP contribution in [0.5, 0.6) is 0 Å². The Balaban J connectivity index is 1.82. The zero-order chi connectivity index (χ0) is 12.1. The second kappa shape index (κ2) is 5.64. The Hall–Kier alpha value is -1.61. The standard InChI is InChI=1S/C14H15NOS/c1-11-7-8-13(17-11)10-15-14(16)9-12-5-3-2-4-6-12/h2-8H,9-10H2,1H3,(H,15,16). The number of benzene rings is 1. The molecule has 1 N–H and O–H groups in total. The van der Waals surface area contributed by atoms with Crippen molar-refractivity contribution in [1.82, 2.24) is 5.32 Å². The fourth-order valence-corrected chi connectivity index (χ4v) is 2.44. The van der Waals surface area contributed by atoms with Crippen molar-refractivity contribution in [2.24, 2.45) is 0 Å². The summed E-state index contributed by atoms with van der Waals surface area (Å²) >= 11 is 1.72. The van der Waals surface area contributed by atoms with E-state index in [2.05, 4.69) is 24.4 Å². The summed E-state index contributed by atoms with van der Waals surface area (Å²) in [5.41, 5.74) is 1.05. The van der Waals surface area contributed by atoms with E-state index in [1.54, 1.807) is 11.3 Å². The Morgan fingerprint density at radius 1 is 1.18 bits per heavy atom. The molecule has 1 amide bonds. The van der Waals surface area contributed by atoms with E-state index in [9.17, 15) is 4.79 Å². The first-order valence-corrected chi connectivity index (χ1v) is 6.41. The van der Waals surface area contributed by atoms with Gasteiger partial charge in [-0.25, -0.2) is 0 Å². The summed E-state index contributed by atoms with van der Waals surface area (Å²) in [5.74, 6) is 0.0715. The van der Waals surface area contributed by atoms with Crippen molar-refractivity contribution in [3.8, 4) is 0 Å². The van der Waals surface area contributed by atoms with Crippen LogP contribution in [0, 0.1) is 6.92 Å². The molecular formula is C14H15NOS. The highest BCUT2D eigenvalue weighted by Crippen LogP contribution is 2.14. The topological polar surface area (TPSA) is 29.1 Å². The predicted octanol–water partition coefficient (Wildman–Crippen LogP) is 2.92. The average Bonchev–Trinajstić information content (AvgIpc) is 2.74. The van der Waals surface area contributed by atoms with Crippen LogP contribution in [-0.2, 0) is 17.8 Å². The minimum absolute atomic E-state index is 0.0715. The molecule has 0 saturated heterocycles. The van der Waals surface area contributed by atoms with Gasteiger partial charge in [-0.05, 0) is 24.6 Å². The zero-order valence-electron chi connectivity index (χ0n) is 9.77. The molecule has 0 bridgehead atoms. The quantitative estimate of drug-likeness (QED) is 0.881. The molecule has 0 aliphatic rings. The predicted molar refractivity (Wildman–Crippen MR) is 71.0 cm³/mol. The number of amides is 1. The monoisotopic (exact) mass is 245 g/mol. The second-order valence-electron chi connectivity index (χ2n) is 3.95. The molecule has 1 aromatic heterocycles. The van der Waals surface area contributed by atoms with Crippen LogP contribution < -0.4 is 5.32 Å². The van der Waals surface area contributed by atoms with E-state index in [1.165, 1.54) is 9.75 Å². The lowest BCUT2D eigenvalue weighted by Crippen LogP contribution is -2.24. The van der Waals surface area contributed by atoms with Gasteiger partial charge in [0.15, 0.2) is 0 Å². The summed E-state index contributed by atoms with van der Waals surface area (Å²) in [6, 6.07) is 13.9. The maximum atomic E-state index is 11.7. The zero-order valence-corrected chi connectivity index (χ0v) is 10.6. The fraction of sp³-hybridized carbons (Fsp3) is 0.214. The minimum Gasteiger partial charge on any atom is -0.351 e. The number of carbonyl (C=O) groups excluding carboxylic acids is 1. The lowest BCUT2D eigenvalue weighted by atomic mass is 10.1. The molecule has 1 aromatic carbocycles. The number of thiophene rings is 1. The normalized spacial score (nSPS) is 10.2. The van der Waals surface area contributed by atoms with Gasteiger partial charge in [-0.3, -0.25) is 4.79 Å².